The molecule has 7 heteroatoms. The van der Waals surface area contributed by atoms with Crippen LogP contribution in [0.25, 0.3) is 11.4 Å². The van der Waals surface area contributed by atoms with Crippen molar-refractivity contribution >= 4 is 5.97 Å². The fraction of sp³-hybridized carbons (Fsp3) is 0.300. The molecule has 1 N–H and O–H groups in total. The van der Waals surface area contributed by atoms with Gasteiger partial charge in [-0.05, 0) is 29.5 Å². The highest BCUT2D eigenvalue weighted by Gasteiger charge is 2.10. The van der Waals surface area contributed by atoms with Crippen molar-refractivity contribution in [2.75, 3.05) is 0 Å². The molecule has 2 aromatic rings. The van der Waals surface area contributed by atoms with Crippen LogP contribution in [0, 0.1) is 6.92 Å². The van der Waals surface area contributed by atoms with Gasteiger partial charge in [-0.1, -0.05) is 0 Å². The van der Waals surface area contributed by atoms with Crippen molar-refractivity contribution in [3.8, 4) is 11.4 Å². The van der Waals surface area contributed by atoms with Gasteiger partial charge in [-0.3, -0.25) is 9.78 Å². The second-order valence-electron chi connectivity index (χ2n) is 3.56. The molecule has 0 fully saturated rings. The summed E-state index contributed by atoms with van der Waals surface area (Å²) in [6, 6.07) is 3.71. The van der Waals surface area contributed by atoms with Crippen molar-refractivity contribution in [3.63, 3.8) is 0 Å². The lowest BCUT2D eigenvalue weighted by Gasteiger charge is -2.02. The van der Waals surface area contributed by atoms with E-state index in [0.29, 0.717) is 5.82 Å². The third-order valence-electron chi connectivity index (χ3n) is 2.24. The quantitative estimate of drug-likeness (QED) is 0.827. The van der Waals surface area contributed by atoms with Crippen LogP contribution in [-0.4, -0.2) is 36.3 Å². The molecule has 88 valence electrons. The molecule has 0 spiro atoms. The van der Waals surface area contributed by atoms with Crippen LogP contribution in [0.5, 0.6) is 0 Å². The van der Waals surface area contributed by atoms with Gasteiger partial charge in [0.25, 0.3) is 0 Å². The number of pyridine rings is 1. The fourth-order valence-corrected chi connectivity index (χ4v) is 1.36. The van der Waals surface area contributed by atoms with Gasteiger partial charge in [-0.15, -0.1) is 5.10 Å². The van der Waals surface area contributed by atoms with Crippen LogP contribution >= 0.6 is 0 Å². The molecule has 17 heavy (non-hydrogen) atoms. The van der Waals surface area contributed by atoms with Crippen LogP contribution in [0.3, 0.4) is 0 Å². The number of nitrogens with zero attached hydrogens (tertiary/aromatic N) is 5. The van der Waals surface area contributed by atoms with Crippen molar-refractivity contribution < 1.29 is 9.90 Å². The Morgan fingerprint density at radius 2 is 2.29 bits per heavy atom. The van der Waals surface area contributed by atoms with Gasteiger partial charge in [-0.25, -0.2) is 4.68 Å². The van der Waals surface area contributed by atoms with Gasteiger partial charge >= 0.3 is 5.97 Å². The molecule has 2 heterocycles. The average Bonchev–Trinajstić information content (AvgIpc) is 2.75. The van der Waals surface area contributed by atoms with Gasteiger partial charge in [0.15, 0.2) is 5.82 Å². The molecule has 2 rings (SSSR count). The summed E-state index contributed by atoms with van der Waals surface area (Å²) in [5.74, 6) is -0.354. The van der Waals surface area contributed by atoms with E-state index in [2.05, 4.69) is 20.5 Å². The molecule has 0 saturated heterocycles. The minimum absolute atomic E-state index is 0.0165. The van der Waals surface area contributed by atoms with Crippen molar-refractivity contribution in [2.45, 2.75) is 19.9 Å². The Morgan fingerprint density at radius 1 is 1.47 bits per heavy atom. The Bertz CT molecular complexity index is 520. The molecule has 0 aliphatic rings. The maximum absolute atomic E-state index is 10.5. The Labute approximate surface area is 97.1 Å². The molecular formula is C10H11N5O2. The third-order valence-corrected chi connectivity index (χ3v) is 2.24. The largest absolute Gasteiger partial charge is 0.481 e. The van der Waals surface area contributed by atoms with Gasteiger partial charge < -0.3 is 5.11 Å². The van der Waals surface area contributed by atoms with Crippen LogP contribution in [0.15, 0.2) is 18.3 Å². The molecule has 0 aliphatic heterocycles. The zero-order chi connectivity index (χ0) is 12.3. The molecule has 0 aliphatic carbocycles. The first-order valence-electron chi connectivity index (χ1n) is 5.08. The summed E-state index contributed by atoms with van der Waals surface area (Å²) < 4.78 is 1.46. The standard InChI is InChI=1S/C10H11N5O2/c1-7-2-3-8(6-11-7)10-12-13-14-15(10)5-4-9(16)17/h2-3,6H,4-5H2,1H3,(H,16,17). The van der Waals surface area contributed by atoms with Crippen molar-refractivity contribution in [2.24, 2.45) is 0 Å². The van der Waals surface area contributed by atoms with Crippen molar-refractivity contribution in [1.29, 1.82) is 0 Å². The maximum Gasteiger partial charge on any atom is 0.305 e. The smallest absolute Gasteiger partial charge is 0.305 e. The Kier molecular flexibility index (Phi) is 3.08. The van der Waals surface area contributed by atoms with E-state index in [0.717, 1.165) is 11.3 Å². The van der Waals surface area contributed by atoms with Crippen LogP contribution in [0.2, 0.25) is 0 Å². The van der Waals surface area contributed by atoms with E-state index in [1.807, 2.05) is 19.1 Å². The first-order valence-corrected chi connectivity index (χ1v) is 5.08. The molecule has 0 bridgehead atoms. The Balaban J connectivity index is 2.24. The summed E-state index contributed by atoms with van der Waals surface area (Å²) in [7, 11) is 0. The molecule has 0 atom stereocenters. The van der Waals surface area contributed by atoms with E-state index in [9.17, 15) is 4.79 Å². The highest BCUT2D eigenvalue weighted by Crippen LogP contribution is 2.14. The minimum Gasteiger partial charge on any atom is -0.481 e. The lowest BCUT2D eigenvalue weighted by atomic mass is 10.2. The lowest BCUT2D eigenvalue weighted by Crippen LogP contribution is -2.07. The van der Waals surface area contributed by atoms with Gasteiger partial charge in [-0.2, -0.15) is 0 Å². The average molecular weight is 233 g/mol. The number of rotatable bonds is 4. The number of aryl methyl sites for hydroxylation is 2. The first kappa shape index (κ1) is 11.2. The molecule has 7 nitrogen and oxygen atoms in total. The van der Waals surface area contributed by atoms with E-state index in [-0.39, 0.29) is 13.0 Å². The van der Waals surface area contributed by atoms with Crippen LogP contribution in [-0.2, 0) is 11.3 Å². The Morgan fingerprint density at radius 3 is 2.94 bits per heavy atom. The lowest BCUT2D eigenvalue weighted by molar-refractivity contribution is -0.137. The van der Waals surface area contributed by atoms with E-state index >= 15 is 0 Å². The predicted molar refractivity (Wildman–Crippen MR) is 58.0 cm³/mol. The molecule has 0 saturated carbocycles. The number of carboxylic acids is 1. The van der Waals surface area contributed by atoms with Gasteiger partial charge in [0.1, 0.15) is 0 Å². The van der Waals surface area contributed by atoms with Crippen molar-refractivity contribution in [1.82, 2.24) is 25.2 Å². The molecule has 0 amide bonds. The second kappa shape index (κ2) is 4.69. The zero-order valence-corrected chi connectivity index (χ0v) is 9.24. The summed E-state index contributed by atoms with van der Waals surface area (Å²) in [4.78, 5) is 14.6. The maximum atomic E-state index is 10.5. The summed E-state index contributed by atoms with van der Waals surface area (Å²) >= 11 is 0. The number of carboxylic acid groups (broad SMARTS) is 1. The van der Waals surface area contributed by atoms with Crippen LogP contribution in [0.1, 0.15) is 12.1 Å². The van der Waals surface area contributed by atoms with E-state index in [1.54, 1.807) is 6.20 Å². The normalized spacial score (nSPS) is 10.4. The summed E-state index contributed by atoms with van der Waals surface area (Å²) in [5.41, 5.74) is 1.67. The molecule has 0 radical (unpaired) electrons. The summed E-state index contributed by atoms with van der Waals surface area (Å²) in [6.07, 6.45) is 1.65. The fourth-order valence-electron chi connectivity index (χ4n) is 1.36. The van der Waals surface area contributed by atoms with Crippen molar-refractivity contribution in [3.05, 3.63) is 24.0 Å². The van der Waals surface area contributed by atoms with Crippen LogP contribution < -0.4 is 0 Å². The second-order valence-corrected chi connectivity index (χ2v) is 3.56. The van der Waals surface area contributed by atoms with Crippen LogP contribution in [0.4, 0.5) is 0 Å². The first-order chi connectivity index (χ1) is 8.16. The summed E-state index contributed by atoms with van der Waals surface area (Å²) in [6.45, 7) is 2.13. The van der Waals surface area contributed by atoms with Gasteiger partial charge in [0.05, 0.1) is 13.0 Å². The monoisotopic (exact) mass is 233 g/mol. The molecular weight excluding hydrogens is 222 g/mol. The zero-order valence-electron chi connectivity index (χ0n) is 9.24. The number of tetrazole rings is 1. The number of aliphatic carboxylic acids is 1. The SMILES string of the molecule is Cc1ccc(-c2nnnn2CCC(=O)O)cn1. The third kappa shape index (κ3) is 2.63. The minimum atomic E-state index is -0.881. The van der Waals surface area contributed by atoms with E-state index in [4.69, 9.17) is 5.11 Å². The number of hydrogen-bond donors (Lipinski definition) is 1. The Hall–Kier alpha value is -2.31. The molecule has 0 aromatic carbocycles. The summed E-state index contributed by atoms with van der Waals surface area (Å²) in [5, 5.41) is 19.8. The predicted octanol–water partition coefficient (Wildman–Crippen LogP) is 0.518. The van der Waals surface area contributed by atoms with Gasteiger partial charge in [0, 0.05) is 17.5 Å². The molecule has 2 aromatic heterocycles. The van der Waals surface area contributed by atoms with E-state index in [1.165, 1.54) is 4.68 Å². The topological polar surface area (TPSA) is 93.8 Å². The van der Waals surface area contributed by atoms with E-state index < -0.39 is 5.97 Å². The number of hydrogen-bond acceptors (Lipinski definition) is 5. The highest BCUT2D eigenvalue weighted by atomic mass is 16.4. The number of aromatic nitrogens is 5. The highest BCUT2D eigenvalue weighted by molar-refractivity contribution is 5.66. The van der Waals surface area contributed by atoms with Gasteiger partial charge in [0.2, 0.25) is 0 Å². The number of carbonyl (C=O) groups is 1. The molecule has 0 unspecified atom stereocenters.